The molecule has 1 N–H and O–H groups in total. The molecule has 0 radical (unpaired) electrons. The normalized spacial score (nSPS) is 16.7. The maximum Gasteiger partial charge on any atom is 0.253 e. The summed E-state index contributed by atoms with van der Waals surface area (Å²) in [6.45, 7) is 5.85. The zero-order valence-corrected chi connectivity index (χ0v) is 18.1. The molecule has 0 spiro atoms. The minimum Gasteiger partial charge on any atom is -0.497 e. The van der Waals surface area contributed by atoms with Crippen LogP contribution in [0.1, 0.15) is 53.7 Å². The molecule has 29 heavy (non-hydrogen) atoms. The number of amides is 2. The second-order valence-electron chi connectivity index (χ2n) is 7.69. The third-order valence-corrected chi connectivity index (χ3v) is 6.23. The molecule has 1 aromatic carbocycles. The van der Waals surface area contributed by atoms with Crippen molar-refractivity contribution < 1.29 is 14.3 Å². The number of nitrogens with one attached hydrogen (secondary N) is 1. The molecule has 1 atom stereocenters. The Kier molecular flexibility index (Phi) is 7.25. The van der Waals surface area contributed by atoms with Crippen LogP contribution in [0.5, 0.6) is 5.75 Å². The maximum atomic E-state index is 12.9. The molecular formula is C22H29N3O3S. The molecular weight excluding hydrogens is 386 g/mol. The monoisotopic (exact) mass is 415 g/mol. The number of likely N-dealkylation sites (tertiary alicyclic amines) is 1. The van der Waals surface area contributed by atoms with E-state index in [-0.39, 0.29) is 23.7 Å². The van der Waals surface area contributed by atoms with Gasteiger partial charge in [0.05, 0.1) is 17.8 Å². The van der Waals surface area contributed by atoms with Crippen molar-refractivity contribution in [2.45, 2.75) is 39.0 Å². The summed E-state index contributed by atoms with van der Waals surface area (Å²) in [6, 6.07) is 7.27. The third-order valence-electron chi connectivity index (χ3n) is 5.17. The van der Waals surface area contributed by atoms with Crippen LogP contribution in [-0.2, 0) is 11.2 Å². The SMILES string of the molecule is COc1ccc(C(=O)N2CCC[C@@H](c3nc(CCNC(=O)C(C)C)cs3)C2)cc1. The lowest BCUT2D eigenvalue weighted by Crippen LogP contribution is -2.39. The van der Waals surface area contributed by atoms with Gasteiger partial charge in [-0.25, -0.2) is 4.98 Å². The van der Waals surface area contributed by atoms with E-state index in [9.17, 15) is 9.59 Å². The number of hydrogen-bond acceptors (Lipinski definition) is 5. The summed E-state index contributed by atoms with van der Waals surface area (Å²) in [5.41, 5.74) is 1.69. The Morgan fingerprint density at radius 2 is 2.07 bits per heavy atom. The number of methoxy groups -OCH3 is 1. The van der Waals surface area contributed by atoms with Crippen LogP contribution in [-0.4, -0.2) is 48.4 Å². The number of carbonyl (C=O) groups is 2. The standard InChI is InChI=1S/C22H29N3O3S/c1-15(2)20(26)23-11-10-18-14-29-21(24-18)17-5-4-12-25(13-17)22(27)16-6-8-19(28-3)9-7-16/h6-9,14-15,17H,4-5,10-13H2,1-3H3,(H,23,26)/t17-/m1/s1. The van der Waals surface area contributed by atoms with E-state index in [0.717, 1.165) is 42.3 Å². The van der Waals surface area contributed by atoms with Gasteiger partial charge in [0, 0.05) is 48.8 Å². The minimum atomic E-state index is -0.00236. The highest BCUT2D eigenvalue weighted by molar-refractivity contribution is 7.09. The van der Waals surface area contributed by atoms with Crippen molar-refractivity contribution in [1.29, 1.82) is 0 Å². The predicted molar refractivity (Wildman–Crippen MR) is 115 cm³/mol. The summed E-state index contributed by atoms with van der Waals surface area (Å²) in [5.74, 6) is 1.15. The number of aromatic nitrogens is 1. The molecule has 1 aliphatic heterocycles. The van der Waals surface area contributed by atoms with E-state index in [0.29, 0.717) is 18.7 Å². The number of rotatable bonds is 7. The van der Waals surface area contributed by atoms with E-state index in [1.54, 1.807) is 18.4 Å². The predicted octanol–water partition coefficient (Wildman–Crippen LogP) is 3.49. The van der Waals surface area contributed by atoms with Crippen molar-refractivity contribution in [3.63, 3.8) is 0 Å². The van der Waals surface area contributed by atoms with Crippen LogP contribution in [0.3, 0.4) is 0 Å². The Morgan fingerprint density at radius 1 is 1.31 bits per heavy atom. The smallest absolute Gasteiger partial charge is 0.253 e. The van der Waals surface area contributed by atoms with Crippen LogP contribution in [0.15, 0.2) is 29.6 Å². The van der Waals surface area contributed by atoms with E-state index in [1.165, 1.54) is 0 Å². The lowest BCUT2D eigenvalue weighted by molar-refractivity contribution is -0.123. The first-order chi connectivity index (χ1) is 14.0. The largest absolute Gasteiger partial charge is 0.497 e. The molecule has 1 aromatic heterocycles. The first-order valence-corrected chi connectivity index (χ1v) is 11.0. The Balaban J connectivity index is 1.57. The van der Waals surface area contributed by atoms with Gasteiger partial charge in [-0.1, -0.05) is 13.8 Å². The summed E-state index contributed by atoms with van der Waals surface area (Å²) in [4.78, 5) is 31.2. The fourth-order valence-corrected chi connectivity index (χ4v) is 4.40. The number of piperidine rings is 1. The molecule has 2 aromatic rings. The zero-order chi connectivity index (χ0) is 20.8. The molecule has 7 heteroatoms. The highest BCUT2D eigenvalue weighted by Gasteiger charge is 2.27. The Bertz CT molecular complexity index is 832. The highest BCUT2D eigenvalue weighted by atomic mass is 32.1. The fraction of sp³-hybridized carbons (Fsp3) is 0.500. The van der Waals surface area contributed by atoms with Crippen molar-refractivity contribution >= 4 is 23.2 Å². The number of ether oxygens (including phenoxy) is 1. The first kappa shape index (κ1) is 21.3. The van der Waals surface area contributed by atoms with Crippen molar-refractivity contribution in [3.05, 3.63) is 45.9 Å². The van der Waals surface area contributed by atoms with Gasteiger partial charge in [0.15, 0.2) is 0 Å². The molecule has 156 valence electrons. The number of carbonyl (C=O) groups excluding carboxylic acids is 2. The van der Waals surface area contributed by atoms with E-state index < -0.39 is 0 Å². The van der Waals surface area contributed by atoms with Crippen LogP contribution in [0, 0.1) is 5.92 Å². The fourth-order valence-electron chi connectivity index (χ4n) is 3.42. The molecule has 0 saturated carbocycles. The molecule has 6 nitrogen and oxygen atoms in total. The lowest BCUT2D eigenvalue weighted by Gasteiger charge is -2.32. The van der Waals surface area contributed by atoms with Gasteiger partial charge in [-0.15, -0.1) is 11.3 Å². The highest BCUT2D eigenvalue weighted by Crippen LogP contribution is 2.30. The minimum absolute atomic E-state index is 0.00236. The molecule has 1 aliphatic rings. The molecule has 0 unspecified atom stereocenters. The second kappa shape index (κ2) is 9.87. The van der Waals surface area contributed by atoms with Gasteiger partial charge in [-0.3, -0.25) is 9.59 Å². The maximum absolute atomic E-state index is 12.9. The van der Waals surface area contributed by atoms with Crippen molar-refractivity contribution in [2.24, 2.45) is 5.92 Å². The van der Waals surface area contributed by atoms with E-state index >= 15 is 0 Å². The van der Waals surface area contributed by atoms with Gasteiger partial charge >= 0.3 is 0 Å². The number of nitrogens with zero attached hydrogens (tertiary/aromatic N) is 2. The summed E-state index contributed by atoms with van der Waals surface area (Å²) < 4.78 is 5.17. The number of hydrogen-bond donors (Lipinski definition) is 1. The van der Waals surface area contributed by atoms with E-state index in [1.807, 2.05) is 43.0 Å². The molecule has 3 rings (SSSR count). The Labute approximate surface area is 176 Å². The Morgan fingerprint density at radius 3 is 2.76 bits per heavy atom. The van der Waals surface area contributed by atoms with Crippen molar-refractivity contribution in [3.8, 4) is 5.75 Å². The molecule has 2 heterocycles. The van der Waals surface area contributed by atoms with Gasteiger partial charge in [-0.05, 0) is 37.1 Å². The third kappa shape index (κ3) is 5.56. The van der Waals surface area contributed by atoms with Crippen molar-refractivity contribution in [2.75, 3.05) is 26.7 Å². The Hall–Kier alpha value is -2.41. The van der Waals surface area contributed by atoms with E-state index in [4.69, 9.17) is 9.72 Å². The number of benzene rings is 1. The summed E-state index contributed by atoms with van der Waals surface area (Å²) in [7, 11) is 1.62. The van der Waals surface area contributed by atoms with Gasteiger partial charge < -0.3 is 15.0 Å². The van der Waals surface area contributed by atoms with Gasteiger partial charge in [0.25, 0.3) is 5.91 Å². The van der Waals surface area contributed by atoms with Crippen LogP contribution >= 0.6 is 11.3 Å². The molecule has 1 fully saturated rings. The first-order valence-electron chi connectivity index (χ1n) is 10.1. The number of thiazole rings is 1. The topological polar surface area (TPSA) is 71.5 Å². The summed E-state index contributed by atoms with van der Waals surface area (Å²) in [5, 5.41) is 6.09. The van der Waals surface area contributed by atoms with Crippen LogP contribution in [0.4, 0.5) is 0 Å². The van der Waals surface area contributed by atoms with Crippen LogP contribution < -0.4 is 10.1 Å². The van der Waals surface area contributed by atoms with Gasteiger partial charge in [0.1, 0.15) is 5.75 Å². The van der Waals surface area contributed by atoms with Gasteiger partial charge in [-0.2, -0.15) is 0 Å². The van der Waals surface area contributed by atoms with Crippen LogP contribution in [0.2, 0.25) is 0 Å². The average molecular weight is 416 g/mol. The molecule has 0 bridgehead atoms. The second-order valence-corrected chi connectivity index (χ2v) is 8.58. The van der Waals surface area contributed by atoms with E-state index in [2.05, 4.69) is 10.7 Å². The summed E-state index contributed by atoms with van der Waals surface area (Å²) >= 11 is 1.66. The van der Waals surface area contributed by atoms with Gasteiger partial charge in [0.2, 0.25) is 5.91 Å². The average Bonchev–Trinajstić information content (AvgIpc) is 3.22. The molecule has 1 saturated heterocycles. The quantitative estimate of drug-likeness (QED) is 0.751. The zero-order valence-electron chi connectivity index (χ0n) is 17.3. The summed E-state index contributed by atoms with van der Waals surface area (Å²) in [6.07, 6.45) is 2.76. The molecule has 2 amide bonds. The van der Waals surface area contributed by atoms with Crippen LogP contribution in [0.25, 0.3) is 0 Å². The molecule has 0 aliphatic carbocycles. The van der Waals surface area contributed by atoms with Crippen molar-refractivity contribution in [1.82, 2.24) is 15.2 Å². The lowest BCUT2D eigenvalue weighted by atomic mass is 9.98.